The highest BCUT2D eigenvalue weighted by molar-refractivity contribution is 7.91. The van der Waals surface area contributed by atoms with Crippen LogP contribution < -0.4 is 9.64 Å². The van der Waals surface area contributed by atoms with E-state index in [0.717, 1.165) is 28.1 Å². The third-order valence-electron chi connectivity index (χ3n) is 6.37. The number of hydrogen-bond donors (Lipinski definition) is 0. The number of carbonyl (C=O) groups excluding carboxylic acids is 1. The number of benzene rings is 3. The Kier molecular flexibility index (Phi) is 6.62. The maximum Gasteiger partial charge on any atom is 0.238 e. The molecule has 0 saturated heterocycles. The molecule has 3 aromatic rings. The van der Waals surface area contributed by atoms with Crippen molar-refractivity contribution in [2.45, 2.75) is 36.6 Å². The summed E-state index contributed by atoms with van der Waals surface area (Å²) in [5, 5.41) is 0. The van der Waals surface area contributed by atoms with Crippen LogP contribution in [-0.4, -0.2) is 27.2 Å². The van der Waals surface area contributed by atoms with Gasteiger partial charge in [-0.3, -0.25) is 4.79 Å². The molecule has 0 aromatic heterocycles. The van der Waals surface area contributed by atoms with Crippen molar-refractivity contribution in [1.82, 2.24) is 0 Å². The van der Waals surface area contributed by atoms with Gasteiger partial charge in [-0.25, -0.2) is 8.42 Å². The van der Waals surface area contributed by atoms with E-state index in [-0.39, 0.29) is 23.0 Å². The number of hydrogen-bond acceptors (Lipinski definition) is 4. The van der Waals surface area contributed by atoms with Crippen molar-refractivity contribution in [2.24, 2.45) is 0 Å². The summed E-state index contributed by atoms with van der Waals surface area (Å²) in [7, 11) is -1.93. The van der Waals surface area contributed by atoms with Gasteiger partial charge in [0.05, 0.1) is 29.7 Å². The number of anilines is 1. The molecule has 4 rings (SSSR count). The zero-order valence-electron chi connectivity index (χ0n) is 19.5. The van der Waals surface area contributed by atoms with Crippen LogP contribution in [0.25, 0.3) is 0 Å². The second kappa shape index (κ2) is 9.47. The predicted octanol–water partition coefficient (Wildman–Crippen LogP) is 5.31. The Morgan fingerprint density at radius 2 is 1.62 bits per heavy atom. The monoisotopic (exact) mass is 475 g/mol. The zero-order valence-corrected chi connectivity index (χ0v) is 20.3. The average Bonchev–Trinajstić information content (AvgIpc) is 3.06. The number of para-hydroxylation sites is 1. The fourth-order valence-corrected chi connectivity index (χ4v) is 6.16. The molecule has 0 saturated carbocycles. The van der Waals surface area contributed by atoms with Gasteiger partial charge < -0.3 is 9.64 Å². The molecule has 0 fully saturated rings. The van der Waals surface area contributed by atoms with E-state index in [9.17, 15) is 13.2 Å². The summed E-state index contributed by atoms with van der Waals surface area (Å²) in [4.78, 5) is 16.1. The van der Waals surface area contributed by atoms with E-state index in [1.54, 1.807) is 42.3 Å². The van der Waals surface area contributed by atoms with Gasteiger partial charge in [-0.05, 0) is 61.2 Å². The Bertz CT molecular complexity index is 1300. The lowest BCUT2D eigenvalue weighted by Crippen LogP contribution is -2.41. The maximum atomic E-state index is 14.1. The first-order chi connectivity index (χ1) is 16.3. The van der Waals surface area contributed by atoms with Crippen molar-refractivity contribution < 1.29 is 17.9 Å². The first-order valence-electron chi connectivity index (χ1n) is 11.2. The maximum absolute atomic E-state index is 14.1. The second-order valence-corrected chi connectivity index (χ2v) is 11.0. The molecule has 176 valence electrons. The molecule has 1 atom stereocenters. The predicted molar refractivity (Wildman–Crippen MR) is 135 cm³/mol. The summed E-state index contributed by atoms with van der Waals surface area (Å²) < 4.78 is 31.5. The first-order valence-corrected chi connectivity index (χ1v) is 12.9. The molecule has 1 heterocycles. The Balaban J connectivity index is 1.71. The fraction of sp³-hybridized carbons (Fsp3) is 0.250. The first kappa shape index (κ1) is 23.8. The summed E-state index contributed by atoms with van der Waals surface area (Å²) >= 11 is 0. The SMILES string of the molecule is C=C(C)C[C@@]1(CCS(=O)(=O)c2ccccc2)C(=O)N(Cc2ccc(OC)cc2)c2ccccc21. The van der Waals surface area contributed by atoms with Crippen LogP contribution in [0.15, 0.2) is 95.9 Å². The normalized spacial score (nSPS) is 17.5. The van der Waals surface area contributed by atoms with Gasteiger partial charge in [-0.1, -0.05) is 54.1 Å². The molecule has 1 amide bonds. The van der Waals surface area contributed by atoms with E-state index in [1.807, 2.05) is 55.5 Å². The lowest BCUT2D eigenvalue weighted by atomic mass is 9.74. The molecule has 0 bridgehead atoms. The highest BCUT2D eigenvalue weighted by atomic mass is 32.2. The van der Waals surface area contributed by atoms with E-state index in [4.69, 9.17) is 4.74 Å². The zero-order chi connectivity index (χ0) is 24.3. The van der Waals surface area contributed by atoms with Crippen LogP contribution in [-0.2, 0) is 26.6 Å². The molecular formula is C28H29NO4S. The Hall–Kier alpha value is -3.38. The number of fused-ring (bicyclic) bond motifs is 1. The van der Waals surface area contributed by atoms with Gasteiger partial charge in [0.25, 0.3) is 0 Å². The lowest BCUT2D eigenvalue weighted by molar-refractivity contribution is -0.123. The standard InChI is InChI=1S/C28H29NO4S/c1-21(2)19-28(17-18-34(31,32)24-9-5-4-6-10-24)25-11-7-8-12-26(25)29(27(28)30)20-22-13-15-23(33-3)16-14-22/h4-16H,1,17-20H2,2-3H3/t28-/m1/s1. The molecule has 1 aliphatic rings. The summed E-state index contributed by atoms with van der Waals surface area (Å²) in [5.41, 5.74) is 2.51. The fourth-order valence-electron chi connectivity index (χ4n) is 4.74. The van der Waals surface area contributed by atoms with E-state index in [2.05, 4.69) is 6.58 Å². The number of amides is 1. The topological polar surface area (TPSA) is 63.7 Å². The molecule has 1 aliphatic heterocycles. The Morgan fingerprint density at radius 3 is 2.26 bits per heavy atom. The molecule has 0 spiro atoms. The summed E-state index contributed by atoms with van der Waals surface area (Å²) in [6, 6.07) is 23.7. The summed E-state index contributed by atoms with van der Waals surface area (Å²) in [5.74, 6) is 0.538. The third kappa shape index (κ3) is 4.50. The van der Waals surface area contributed by atoms with E-state index in [0.29, 0.717) is 13.0 Å². The number of methoxy groups -OCH3 is 1. The van der Waals surface area contributed by atoms with Crippen LogP contribution in [0, 0.1) is 0 Å². The highest BCUT2D eigenvalue weighted by Gasteiger charge is 2.50. The Morgan fingerprint density at radius 1 is 0.971 bits per heavy atom. The molecule has 3 aromatic carbocycles. The van der Waals surface area contributed by atoms with E-state index in [1.165, 1.54) is 0 Å². The van der Waals surface area contributed by atoms with Gasteiger partial charge in [0.2, 0.25) is 5.91 Å². The molecule has 6 heteroatoms. The molecule has 5 nitrogen and oxygen atoms in total. The van der Waals surface area contributed by atoms with Crippen LogP contribution in [0.5, 0.6) is 5.75 Å². The largest absolute Gasteiger partial charge is 0.497 e. The van der Waals surface area contributed by atoms with Gasteiger partial charge in [0.1, 0.15) is 5.75 Å². The van der Waals surface area contributed by atoms with Crippen LogP contribution >= 0.6 is 0 Å². The Labute approximate surface area is 201 Å². The number of rotatable bonds is 9. The van der Waals surface area contributed by atoms with Crippen LogP contribution in [0.3, 0.4) is 0 Å². The van der Waals surface area contributed by atoms with Crippen molar-refractivity contribution in [3.63, 3.8) is 0 Å². The molecule has 34 heavy (non-hydrogen) atoms. The minimum absolute atomic E-state index is 0.0872. The minimum Gasteiger partial charge on any atom is -0.497 e. The van der Waals surface area contributed by atoms with Crippen molar-refractivity contribution in [1.29, 1.82) is 0 Å². The number of carbonyl (C=O) groups is 1. The molecule has 0 radical (unpaired) electrons. The van der Waals surface area contributed by atoms with Gasteiger partial charge in [0, 0.05) is 5.69 Å². The quantitative estimate of drug-likeness (QED) is 0.394. The van der Waals surface area contributed by atoms with Crippen LogP contribution in [0.2, 0.25) is 0 Å². The van der Waals surface area contributed by atoms with Crippen molar-refractivity contribution in [2.75, 3.05) is 17.8 Å². The van der Waals surface area contributed by atoms with Crippen LogP contribution in [0.1, 0.15) is 30.9 Å². The number of allylic oxidation sites excluding steroid dienone is 1. The third-order valence-corrected chi connectivity index (χ3v) is 8.10. The van der Waals surface area contributed by atoms with Crippen molar-refractivity contribution >= 4 is 21.4 Å². The van der Waals surface area contributed by atoms with Gasteiger partial charge in [-0.2, -0.15) is 0 Å². The molecule has 0 N–H and O–H groups in total. The van der Waals surface area contributed by atoms with E-state index < -0.39 is 15.3 Å². The summed E-state index contributed by atoms with van der Waals surface area (Å²) in [6.45, 7) is 6.34. The number of sulfone groups is 1. The van der Waals surface area contributed by atoms with Crippen molar-refractivity contribution in [3.8, 4) is 5.75 Å². The van der Waals surface area contributed by atoms with E-state index >= 15 is 0 Å². The average molecular weight is 476 g/mol. The van der Waals surface area contributed by atoms with Gasteiger partial charge in [0.15, 0.2) is 9.84 Å². The van der Waals surface area contributed by atoms with Gasteiger partial charge in [-0.15, -0.1) is 6.58 Å². The van der Waals surface area contributed by atoms with Gasteiger partial charge >= 0.3 is 0 Å². The molecule has 0 unspecified atom stereocenters. The van der Waals surface area contributed by atoms with Crippen molar-refractivity contribution in [3.05, 3.63) is 102 Å². The smallest absolute Gasteiger partial charge is 0.238 e. The lowest BCUT2D eigenvalue weighted by Gasteiger charge is -2.29. The van der Waals surface area contributed by atoms with Crippen LogP contribution in [0.4, 0.5) is 5.69 Å². The highest BCUT2D eigenvalue weighted by Crippen LogP contribution is 2.48. The number of nitrogens with zero attached hydrogens (tertiary/aromatic N) is 1. The second-order valence-electron chi connectivity index (χ2n) is 8.85. The summed E-state index contributed by atoms with van der Waals surface area (Å²) in [6.07, 6.45) is 0.582. The minimum atomic E-state index is -3.55. The number of ether oxygens (including phenoxy) is 1. The molecular weight excluding hydrogens is 446 g/mol. The molecule has 0 aliphatic carbocycles.